The van der Waals surface area contributed by atoms with Crippen LogP contribution in [0.1, 0.15) is 6.92 Å². The molecule has 3 heteroatoms. The molecular formula is C9H10O2Se. The summed E-state index contributed by atoms with van der Waals surface area (Å²) in [6, 6.07) is 10.0. The first-order chi connectivity index (χ1) is 5.79. The van der Waals surface area contributed by atoms with Gasteiger partial charge in [0.25, 0.3) is 0 Å². The van der Waals surface area contributed by atoms with Crippen LogP contribution in [0.25, 0.3) is 0 Å². The molecule has 0 unspecified atom stereocenters. The molecule has 0 aliphatic rings. The van der Waals surface area contributed by atoms with Crippen molar-refractivity contribution in [3.05, 3.63) is 30.3 Å². The molecule has 0 aliphatic heterocycles. The zero-order valence-electron chi connectivity index (χ0n) is 6.82. The molecule has 0 radical (unpaired) electrons. The number of ether oxygens (including phenoxy) is 1. The summed E-state index contributed by atoms with van der Waals surface area (Å²) in [6.07, 6.45) is 0. The Hall–Kier alpha value is -0.791. The van der Waals surface area contributed by atoms with Crippen LogP contribution in [-0.2, 0) is 9.53 Å². The molecule has 0 bridgehead atoms. The molecule has 0 aliphatic carbocycles. The van der Waals surface area contributed by atoms with E-state index in [2.05, 4.69) is 0 Å². The second-order valence-corrected chi connectivity index (χ2v) is 4.30. The molecule has 0 saturated carbocycles. The molecular weight excluding hydrogens is 219 g/mol. The van der Waals surface area contributed by atoms with Gasteiger partial charge < -0.3 is 0 Å². The molecule has 1 aromatic carbocycles. The third-order valence-corrected chi connectivity index (χ3v) is 3.00. The molecule has 1 aromatic rings. The second-order valence-electron chi connectivity index (χ2n) is 2.21. The first-order valence-corrected chi connectivity index (χ1v) is 5.67. The van der Waals surface area contributed by atoms with E-state index in [1.807, 2.05) is 30.3 Å². The third kappa shape index (κ3) is 3.56. The van der Waals surface area contributed by atoms with Gasteiger partial charge >= 0.3 is 77.7 Å². The van der Waals surface area contributed by atoms with E-state index in [0.29, 0.717) is 5.51 Å². The summed E-state index contributed by atoms with van der Waals surface area (Å²) in [6.45, 7) is 1.43. The molecule has 64 valence electrons. The standard InChI is InChI=1S/C9H10O2Se/c1-8(10)11-7-12-9-5-3-2-4-6-9/h2-6H,7H2,1H3. The first-order valence-electron chi connectivity index (χ1n) is 3.60. The molecule has 2 nitrogen and oxygen atoms in total. The number of hydrogen-bond acceptors (Lipinski definition) is 2. The van der Waals surface area contributed by atoms with Crippen LogP contribution in [0, 0.1) is 0 Å². The minimum atomic E-state index is -0.201. The van der Waals surface area contributed by atoms with Gasteiger partial charge in [-0.05, 0) is 0 Å². The van der Waals surface area contributed by atoms with Crippen molar-refractivity contribution in [2.24, 2.45) is 0 Å². The monoisotopic (exact) mass is 230 g/mol. The van der Waals surface area contributed by atoms with Crippen LogP contribution in [-0.4, -0.2) is 26.4 Å². The van der Waals surface area contributed by atoms with Crippen LogP contribution < -0.4 is 4.46 Å². The van der Waals surface area contributed by atoms with E-state index >= 15 is 0 Å². The Kier molecular flexibility index (Phi) is 3.85. The average Bonchev–Trinajstić information content (AvgIpc) is 2.05. The van der Waals surface area contributed by atoms with E-state index in [1.54, 1.807) is 0 Å². The van der Waals surface area contributed by atoms with E-state index in [0.717, 1.165) is 0 Å². The van der Waals surface area contributed by atoms with Crippen LogP contribution in [0.15, 0.2) is 30.3 Å². The normalized spacial score (nSPS) is 9.42. The van der Waals surface area contributed by atoms with E-state index in [-0.39, 0.29) is 20.9 Å². The Morgan fingerprint density at radius 3 is 2.67 bits per heavy atom. The van der Waals surface area contributed by atoms with Crippen molar-refractivity contribution in [1.82, 2.24) is 0 Å². The van der Waals surface area contributed by atoms with Gasteiger partial charge in [0, 0.05) is 0 Å². The van der Waals surface area contributed by atoms with E-state index < -0.39 is 0 Å². The molecule has 12 heavy (non-hydrogen) atoms. The topological polar surface area (TPSA) is 26.3 Å². The Balaban J connectivity index is 2.29. The predicted molar refractivity (Wildman–Crippen MR) is 48.5 cm³/mol. The average molecular weight is 229 g/mol. The van der Waals surface area contributed by atoms with E-state index in [1.165, 1.54) is 11.4 Å². The van der Waals surface area contributed by atoms with Crippen LogP contribution in [0.4, 0.5) is 0 Å². The predicted octanol–water partition coefficient (Wildman–Crippen LogP) is 0.537. The number of carbonyl (C=O) groups excluding carboxylic acids is 1. The Morgan fingerprint density at radius 2 is 2.08 bits per heavy atom. The maximum atomic E-state index is 10.4. The van der Waals surface area contributed by atoms with E-state index in [4.69, 9.17) is 4.74 Å². The first kappa shape index (κ1) is 9.30. The SMILES string of the molecule is CC(=O)OC[Se]c1ccccc1. The summed E-state index contributed by atoms with van der Waals surface area (Å²) in [4.78, 5) is 10.4. The van der Waals surface area contributed by atoms with Crippen LogP contribution in [0.5, 0.6) is 0 Å². The summed E-state index contributed by atoms with van der Waals surface area (Å²) < 4.78 is 6.09. The van der Waals surface area contributed by atoms with Gasteiger partial charge in [-0.15, -0.1) is 0 Å². The molecule has 0 spiro atoms. The number of carbonyl (C=O) groups is 1. The molecule has 0 N–H and O–H groups in total. The third-order valence-electron chi connectivity index (χ3n) is 1.23. The molecule has 0 heterocycles. The van der Waals surface area contributed by atoms with Gasteiger partial charge in [-0.2, -0.15) is 0 Å². The number of hydrogen-bond donors (Lipinski definition) is 0. The fraction of sp³-hybridized carbons (Fsp3) is 0.222. The van der Waals surface area contributed by atoms with Crippen molar-refractivity contribution < 1.29 is 9.53 Å². The summed E-state index contributed by atoms with van der Waals surface area (Å²) in [5.41, 5.74) is 0.534. The minimum absolute atomic E-state index is 0.201. The Labute approximate surface area is 78.1 Å². The zero-order valence-corrected chi connectivity index (χ0v) is 8.53. The van der Waals surface area contributed by atoms with Crippen molar-refractivity contribution in [2.45, 2.75) is 6.92 Å². The van der Waals surface area contributed by atoms with Crippen molar-refractivity contribution in [3.63, 3.8) is 0 Å². The van der Waals surface area contributed by atoms with Gasteiger partial charge in [0.05, 0.1) is 0 Å². The Morgan fingerprint density at radius 1 is 1.42 bits per heavy atom. The van der Waals surface area contributed by atoms with Crippen LogP contribution in [0.3, 0.4) is 0 Å². The number of esters is 1. The number of rotatable bonds is 3. The fourth-order valence-corrected chi connectivity index (χ4v) is 2.19. The molecule has 0 aromatic heterocycles. The quantitative estimate of drug-likeness (QED) is 0.558. The summed E-state index contributed by atoms with van der Waals surface area (Å²) in [5.74, 6) is -0.201. The van der Waals surface area contributed by atoms with Crippen molar-refractivity contribution in [1.29, 1.82) is 0 Å². The molecule has 0 saturated heterocycles. The van der Waals surface area contributed by atoms with Gasteiger partial charge in [0.1, 0.15) is 0 Å². The van der Waals surface area contributed by atoms with Crippen molar-refractivity contribution >= 4 is 25.4 Å². The van der Waals surface area contributed by atoms with Gasteiger partial charge in [0.2, 0.25) is 0 Å². The van der Waals surface area contributed by atoms with Crippen LogP contribution >= 0.6 is 0 Å². The van der Waals surface area contributed by atoms with Gasteiger partial charge in [-0.25, -0.2) is 0 Å². The molecule has 0 amide bonds. The number of benzene rings is 1. The van der Waals surface area contributed by atoms with Crippen LogP contribution in [0.2, 0.25) is 0 Å². The zero-order chi connectivity index (χ0) is 8.81. The van der Waals surface area contributed by atoms with E-state index in [9.17, 15) is 4.79 Å². The second kappa shape index (κ2) is 4.96. The maximum absolute atomic E-state index is 10.4. The Bertz CT molecular complexity index is 246. The van der Waals surface area contributed by atoms with Crippen molar-refractivity contribution in [3.8, 4) is 0 Å². The van der Waals surface area contributed by atoms with Gasteiger partial charge in [-0.1, -0.05) is 0 Å². The summed E-state index contributed by atoms with van der Waals surface area (Å²) >= 11 is 0.257. The molecule has 1 rings (SSSR count). The van der Waals surface area contributed by atoms with Gasteiger partial charge in [-0.3, -0.25) is 0 Å². The van der Waals surface area contributed by atoms with Crippen molar-refractivity contribution in [2.75, 3.05) is 5.51 Å². The molecule has 0 atom stereocenters. The summed E-state index contributed by atoms with van der Waals surface area (Å²) in [7, 11) is 0. The molecule has 0 fully saturated rings. The fourth-order valence-electron chi connectivity index (χ4n) is 0.697. The van der Waals surface area contributed by atoms with Gasteiger partial charge in [0.15, 0.2) is 0 Å². The summed E-state index contributed by atoms with van der Waals surface area (Å²) in [5, 5.41) is 0.